The smallest absolute Gasteiger partial charge is 0.201 e. The van der Waals surface area contributed by atoms with E-state index in [1.165, 1.54) is 0 Å². The van der Waals surface area contributed by atoms with Crippen LogP contribution in [0.3, 0.4) is 0 Å². The van der Waals surface area contributed by atoms with E-state index in [-0.39, 0.29) is 5.96 Å². The molecule has 92 valence electrons. The van der Waals surface area contributed by atoms with Crippen LogP contribution in [0.2, 0.25) is 0 Å². The van der Waals surface area contributed by atoms with Crippen LogP contribution in [0.25, 0.3) is 0 Å². The summed E-state index contributed by atoms with van der Waals surface area (Å²) < 4.78 is 0. The number of guanidine groups is 1. The first-order chi connectivity index (χ1) is 8.66. The van der Waals surface area contributed by atoms with Gasteiger partial charge in [0.25, 0.3) is 0 Å². The second kappa shape index (κ2) is 5.27. The third-order valence-corrected chi connectivity index (χ3v) is 2.46. The summed E-state index contributed by atoms with van der Waals surface area (Å²) in [7, 11) is 0. The van der Waals surface area contributed by atoms with E-state index in [0.717, 1.165) is 11.1 Å². The predicted octanol–water partition coefficient (Wildman–Crippen LogP) is 2.15. The Labute approximate surface area is 106 Å². The van der Waals surface area contributed by atoms with Crippen LogP contribution in [0, 0.1) is 13.8 Å². The molecule has 2 rings (SSSR count). The summed E-state index contributed by atoms with van der Waals surface area (Å²) in [6, 6.07) is 7.62. The second-order valence-corrected chi connectivity index (χ2v) is 3.93. The molecule has 0 unspecified atom stereocenters. The normalized spacial score (nSPS) is 11.3. The van der Waals surface area contributed by atoms with Crippen LogP contribution < -0.4 is 11.1 Å². The Morgan fingerprint density at radius 2 is 1.78 bits per heavy atom. The number of nitrogens with two attached hydrogens (primary N) is 1. The van der Waals surface area contributed by atoms with Gasteiger partial charge in [-0.3, -0.25) is 0 Å². The average molecular weight is 241 g/mol. The minimum atomic E-state index is 0.276. The van der Waals surface area contributed by atoms with Crippen LogP contribution in [-0.2, 0) is 0 Å². The zero-order valence-electron chi connectivity index (χ0n) is 10.4. The topological polar surface area (TPSA) is 76.2 Å². The average Bonchev–Trinajstić information content (AvgIpc) is 2.35. The maximum atomic E-state index is 5.83. The van der Waals surface area contributed by atoms with Crippen molar-refractivity contribution in [1.29, 1.82) is 0 Å². The third-order valence-electron chi connectivity index (χ3n) is 2.46. The Morgan fingerprint density at radius 1 is 1.11 bits per heavy atom. The molecule has 0 saturated carbocycles. The van der Waals surface area contributed by atoms with Crippen molar-refractivity contribution in [3.05, 3.63) is 47.8 Å². The molecule has 0 spiro atoms. The maximum Gasteiger partial charge on any atom is 0.201 e. The Bertz CT molecular complexity index is 577. The summed E-state index contributed by atoms with van der Waals surface area (Å²) in [5, 5.41) is 2.96. The summed E-state index contributed by atoms with van der Waals surface area (Å²) in [4.78, 5) is 12.6. The molecule has 0 saturated heterocycles. The molecule has 0 aliphatic heterocycles. The monoisotopic (exact) mass is 241 g/mol. The molecule has 0 atom stereocenters. The fourth-order valence-corrected chi connectivity index (χ4v) is 1.47. The van der Waals surface area contributed by atoms with Gasteiger partial charge >= 0.3 is 0 Å². The number of hydrogen-bond donors (Lipinski definition) is 2. The van der Waals surface area contributed by atoms with Gasteiger partial charge in [0.1, 0.15) is 5.82 Å². The van der Waals surface area contributed by atoms with Crippen LogP contribution in [-0.4, -0.2) is 15.9 Å². The van der Waals surface area contributed by atoms with E-state index in [4.69, 9.17) is 5.73 Å². The highest BCUT2D eigenvalue weighted by Crippen LogP contribution is 2.14. The highest BCUT2D eigenvalue weighted by atomic mass is 15.1. The van der Waals surface area contributed by atoms with Gasteiger partial charge in [0.05, 0.1) is 0 Å². The van der Waals surface area contributed by atoms with Crippen LogP contribution >= 0.6 is 0 Å². The molecular formula is C13H15N5. The van der Waals surface area contributed by atoms with Crippen molar-refractivity contribution in [3.8, 4) is 0 Å². The number of pyridine rings is 2. The largest absolute Gasteiger partial charge is 0.369 e. The lowest BCUT2D eigenvalue weighted by molar-refractivity contribution is 1.21. The van der Waals surface area contributed by atoms with Crippen LogP contribution in [0.5, 0.6) is 0 Å². The molecule has 2 heterocycles. The number of aliphatic imine (C=N–C) groups is 1. The zero-order chi connectivity index (χ0) is 13.0. The minimum absolute atomic E-state index is 0.276. The number of nitrogens with one attached hydrogen (secondary N) is 1. The van der Waals surface area contributed by atoms with Crippen molar-refractivity contribution in [3.63, 3.8) is 0 Å². The molecule has 2 aromatic heterocycles. The summed E-state index contributed by atoms with van der Waals surface area (Å²) in [6.07, 6.45) is 3.39. The van der Waals surface area contributed by atoms with Gasteiger partial charge in [0, 0.05) is 12.4 Å². The number of aromatic nitrogens is 2. The molecule has 0 aliphatic carbocycles. The molecule has 0 radical (unpaired) electrons. The van der Waals surface area contributed by atoms with Crippen molar-refractivity contribution in [1.82, 2.24) is 9.97 Å². The van der Waals surface area contributed by atoms with Gasteiger partial charge in [-0.25, -0.2) is 9.97 Å². The summed E-state index contributed by atoms with van der Waals surface area (Å²) >= 11 is 0. The molecule has 0 amide bonds. The molecule has 0 aliphatic rings. The standard InChI is InChI=1S/C13H15N5/c1-9-5-3-7-15-11(9)17-13(14)18-12-10(2)6-4-8-16-12/h3-8H,1-2H3,(H3,14,15,16,17,18). The quantitative estimate of drug-likeness (QED) is 0.624. The summed E-state index contributed by atoms with van der Waals surface area (Å²) in [5.74, 6) is 1.59. The van der Waals surface area contributed by atoms with Gasteiger partial charge < -0.3 is 11.1 Å². The summed E-state index contributed by atoms with van der Waals surface area (Å²) in [5.41, 5.74) is 7.81. The lowest BCUT2D eigenvalue weighted by Gasteiger charge is -2.07. The van der Waals surface area contributed by atoms with Gasteiger partial charge in [0.15, 0.2) is 5.82 Å². The van der Waals surface area contributed by atoms with Crippen molar-refractivity contribution >= 4 is 17.6 Å². The van der Waals surface area contributed by atoms with Gasteiger partial charge in [-0.05, 0) is 37.1 Å². The molecule has 3 N–H and O–H groups in total. The van der Waals surface area contributed by atoms with Gasteiger partial charge in [-0.2, -0.15) is 4.99 Å². The van der Waals surface area contributed by atoms with Gasteiger partial charge in [-0.15, -0.1) is 0 Å². The Hall–Kier alpha value is -2.43. The fraction of sp³-hybridized carbons (Fsp3) is 0.154. The number of hydrogen-bond acceptors (Lipinski definition) is 3. The molecule has 0 aromatic carbocycles. The Balaban J connectivity index is 2.20. The zero-order valence-corrected chi connectivity index (χ0v) is 10.4. The second-order valence-electron chi connectivity index (χ2n) is 3.93. The van der Waals surface area contributed by atoms with E-state index in [1.54, 1.807) is 12.4 Å². The maximum absolute atomic E-state index is 5.83. The van der Waals surface area contributed by atoms with E-state index in [1.807, 2.05) is 38.1 Å². The number of rotatable bonds is 2. The lowest BCUT2D eigenvalue weighted by Crippen LogP contribution is -2.23. The van der Waals surface area contributed by atoms with Crippen LogP contribution in [0.1, 0.15) is 11.1 Å². The van der Waals surface area contributed by atoms with E-state index in [0.29, 0.717) is 11.6 Å². The predicted molar refractivity (Wildman–Crippen MR) is 72.9 cm³/mol. The van der Waals surface area contributed by atoms with Crippen molar-refractivity contribution in [2.75, 3.05) is 5.32 Å². The molecule has 0 bridgehead atoms. The molecule has 0 fully saturated rings. The number of nitrogens with zero attached hydrogens (tertiary/aromatic N) is 3. The van der Waals surface area contributed by atoms with Crippen molar-refractivity contribution in [2.45, 2.75) is 13.8 Å². The fourth-order valence-electron chi connectivity index (χ4n) is 1.47. The SMILES string of the molecule is Cc1cccnc1N=C(N)Nc1ncccc1C. The lowest BCUT2D eigenvalue weighted by atomic mass is 10.3. The molecule has 18 heavy (non-hydrogen) atoms. The first kappa shape index (κ1) is 12.0. The number of anilines is 1. The van der Waals surface area contributed by atoms with Crippen LogP contribution in [0.4, 0.5) is 11.6 Å². The van der Waals surface area contributed by atoms with E-state index >= 15 is 0 Å². The number of aryl methyl sites for hydroxylation is 2. The highest BCUT2D eigenvalue weighted by Gasteiger charge is 2.01. The third kappa shape index (κ3) is 2.82. The highest BCUT2D eigenvalue weighted by molar-refractivity contribution is 5.93. The molecule has 2 aromatic rings. The van der Waals surface area contributed by atoms with E-state index in [2.05, 4.69) is 20.3 Å². The van der Waals surface area contributed by atoms with E-state index in [9.17, 15) is 0 Å². The Morgan fingerprint density at radius 3 is 2.44 bits per heavy atom. The Kier molecular flexibility index (Phi) is 3.52. The van der Waals surface area contributed by atoms with Gasteiger partial charge in [0.2, 0.25) is 5.96 Å². The van der Waals surface area contributed by atoms with E-state index < -0.39 is 0 Å². The first-order valence-corrected chi connectivity index (χ1v) is 5.61. The van der Waals surface area contributed by atoms with Crippen molar-refractivity contribution in [2.24, 2.45) is 10.7 Å². The molecule has 5 heteroatoms. The minimum Gasteiger partial charge on any atom is -0.369 e. The van der Waals surface area contributed by atoms with Crippen molar-refractivity contribution < 1.29 is 0 Å². The van der Waals surface area contributed by atoms with Gasteiger partial charge in [-0.1, -0.05) is 12.1 Å². The molecule has 5 nitrogen and oxygen atoms in total. The molecular weight excluding hydrogens is 226 g/mol. The first-order valence-electron chi connectivity index (χ1n) is 5.61. The van der Waals surface area contributed by atoms with Crippen LogP contribution in [0.15, 0.2) is 41.7 Å². The summed E-state index contributed by atoms with van der Waals surface area (Å²) in [6.45, 7) is 3.89.